The van der Waals surface area contributed by atoms with Gasteiger partial charge in [0.25, 0.3) is 5.56 Å². The zero-order chi connectivity index (χ0) is 20.5. The number of morpholine rings is 1. The number of rotatable bonds is 3. The molecule has 3 heterocycles. The molecule has 0 spiro atoms. The molecule has 0 saturated carbocycles. The zero-order valence-electron chi connectivity index (χ0n) is 16.5. The van der Waals surface area contributed by atoms with Crippen molar-refractivity contribution in [3.63, 3.8) is 0 Å². The molecule has 1 aromatic heterocycles. The Hall–Kier alpha value is -3.27. The van der Waals surface area contributed by atoms with E-state index in [0.29, 0.717) is 49.5 Å². The Morgan fingerprint density at radius 2 is 1.83 bits per heavy atom. The van der Waals surface area contributed by atoms with E-state index in [4.69, 9.17) is 19.2 Å². The van der Waals surface area contributed by atoms with Gasteiger partial charge in [0.2, 0.25) is 17.7 Å². The number of phenols is 1. The molecule has 0 aliphatic carbocycles. The molecule has 1 aromatic carbocycles. The lowest BCUT2D eigenvalue weighted by atomic mass is 10.1. The molecule has 0 unspecified atom stereocenters. The second kappa shape index (κ2) is 7.63. The SMILES string of the molecule is COc1cc([C@@H]2N=C(N3CCOCC3)Nc3nc(C)cc(=O)n32)cc(OC)c1O. The highest BCUT2D eigenvalue weighted by Gasteiger charge is 2.29. The van der Waals surface area contributed by atoms with E-state index in [1.165, 1.54) is 24.9 Å². The molecule has 2 aliphatic heterocycles. The summed E-state index contributed by atoms with van der Waals surface area (Å²) in [7, 11) is 2.91. The lowest BCUT2D eigenvalue weighted by Gasteiger charge is -2.34. The Kier molecular flexibility index (Phi) is 5.01. The lowest BCUT2D eigenvalue weighted by molar-refractivity contribution is 0.0675. The Balaban J connectivity index is 1.88. The number of fused-ring (bicyclic) bond motifs is 1. The Bertz CT molecular complexity index is 988. The van der Waals surface area contributed by atoms with Crippen molar-refractivity contribution in [3.05, 3.63) is 39.8 Å². The molecule has 1 saturated heterocycles. The van der Waals surface area contributed by atoms with Crippen molar-refractivity contribution in [1.82, 2.24) is 14.5 Å². The van der Waals surface area contributed by atoms with Gasteiger partial charge in [-0.3, -0.25) is 14.7 Å². The van der Waals surface area contributed by atoms with E-state index in [1.54, 1.807) is 19.1 Å². The van der Waals surface area contributed by atoms with Crippen LogP contribution in [0.1, 0.15) is 17.4 Å². The number of nitrogens with zero attached hydrogens (tertiary/aromatic N) is 4. The van der Waals surface area contributed by atoms with Crippen molar-refractivity contribution in [2.24, 2.45) is 4.99 Å². The summed E-state index contributed by atoms with van der Waals surface area (Å²) in [6, 6.07) is 4.75. The molecule has 1 fully saturated rings. The highest BCUT2D eigenvalue weighted by molar-refractivity contribution is 5.93. The Morgan fingerprint density at radius 3 is 2.45 bits per heavy atom. The second-order valence-electron chi connectivity index (χ2n) is 6.75. The van der Waals surface area contributed by atoms with Gasteiger partial charge in [-0.05, 0) is 19.1 Å². The van der Waals surface area contributed by atoms with Crippen LogP contribution < -0.4 is 20.3 Å². The van der Waals surface area contributed by atoms with Crippen LogP contribution in [0.25, 0.3) is 0 Å². The summed E-state index contributed by atoms with van der Waals surface area (Å²) < 4.78 is 17.5. The number of phenolic OH excluding ortho intramolecular Hbond substituents is 1. The number of aromatic nitrogens is 2. The summed E-state index contributed by atoms with van der Waals surface area (Å²) >= 11 is 0. The number of aryl methyl sites for hydroxylation is 1. The van der Waals surface area contributed by atoms with E-state index in [-0.39, 0.29) is 22.8 Å². The van der Waals surface area contributed by atoms with Crippen LogP contribution in [-0.4, -0.2) is 66.0 Å². The first-order valence-corrected chi connectivity index (χ1v) is 9.24. The van der Waals surface area contributed by atoms with Gasteiger partial charge < -0.3 is 24.2 Å². The van der Waals surface area contributed by atoms with E-state index in [1.807, 2.05) is 0 Å². The predicted octanol–water partition coefficient (Wildman–Crippen LogP) is 0.935. The largest absolute Gasteiger partial charge is 0.502 e. The highest BCUT2D eigenvalue weighted by Crippen LogP contribution is 2.40. The fourth-order valence-electron chi connectivity index (χ4n) is 3.46. The molecule has 0 amide bonds. The van der Waals surface area contributed by atoms with Crippen molar-refractivity contribution in [3.8, 4) is 17.2 Å². The maximum Gasteiger partial charge on any atom is 0.257 e. The van der Waals surface area contributed by atoms with E-state index in [0.717, 1.165) is 0 Å². The number of hydrogen-bond acceptors (Lipinski definition) is 9. The van der Waals surface area contributed by atoms with Crippen molar-refractivity contribution < 1.29 is 19.3 Å². The smallest absolute Gasteiger partial charge is 0.257 e. The number of hydrogen-bond donors (Lipinski definition) is 2. The number of aliphatic imine (C=N–C) groups is 1. The molecule has 2 N–H and O–H groups in total. The summed E-state index contributed by atoms with van der Waals surface area (Å²) in [5.74, 6) is 1.37. The van der Waals surface area contributed by atoms with E-state index in [2.05, 4.69) is 15.2 Å². The van der Waals surface area contributed by atoms with Crippen molar-refractivity contribution in [2.45, 2.75) is 13.1 Å². The maximum absolute atomic E-state index is 12.8. The lowest BCUT2D eigenvalue weighted by Crippen LogP contribution is -2.47. The van der Waals surface area contributed by atoms with Crippen molar-refractivity contribution >= 4 is 11.9 Å². The zero-order valence-corrected chi connectivity index (χ0v) is 16.5. The number of benzene rings is 1. The molecular weight excluding hydrogens is 378 g/mol. The molecular formula is C19H23N5O5. The molecule has 1 atom stereocenters. The summed E-state index contributed by atoms with van der Waals surface area (Å²) in [5.41, 5.74) is 0.996. The Labute approximate surface area is 167 Å². The highest BCUT2D eigenvalue weighted by atomic mass is 16.5. The van der Waals surface area contributed by atoms with Crippen molar-refractivity contribution in [2.75, 3.05) is 45.8 Å². The molecule has 2 aromatic rings. The average Bonchev–Trinajstić information content (AvgIpc) is 2.73. The minimum Gasteiger partial charge on any atom is -0.502 e. The van der Waals surface area contributed by atoms with Crippen LogP contribution in [0.2, 0.25) is 0 Å². The third-order valence-corrected chi connectivity index (χ3v) is 4.90. The van der Waals surface area contributed by atoms with Gasteiger partial charge in [-0.2, -0.15) is 0 Å². The van der Waals surface area contributed by atoms with Crippen LogP contribution in [0.3, 0.4) is 0 Å². The fourth-order valence-corrected chi connectivity index (χ4v) is 3.46. The van der Waals surface area contributed by atoms with Gasteiger partial charge in [0.15, 0.2) is 17.7 Å². The van der Waals surface area contributed by atoms with E-state index >= 15 is 0 Å². The van der Waals surface area contributed by atoms with Gasteiger partial charge >= 0.3 is 0 Å². The van der Waals surface area contributed by atoms with Gasteiger partial charge in [-0.25, -0.2) is 9.98 Å². The third kappa shape index (κ3) is 3.46. The third-order valence-electron chi connectivity index (χ3n) is 4.90. The maximum atomic E-state index is 12.8. The van der Waals surface area contributed by atoms with Gasteiger partial charge in [0.05, 0.1) is 27.4 Å². The molecule has 29 heavy (non-hydrogen) atoms. The fraction of sp³-hybridized carbons (Fsp3) is 0.421. The van der Waals surface area contributed by atoms with Crippen LogP contribution in [0.15, 0.2) is 28.0 Å². The molecule has 10 heteroatoms. The minimum absolute atomic E-state index is 0.111. The summed E-state index contributed by atoms with van der Waals surface area (Å²) in [4.78, 5) is 24.1. The quantitative estimate of drug-likeness (QED) is 0.782. The molecule has 10 nitrogen and oxygen atoms in total. The number of nitrogens with one attached hydrogen (secondary N) is 1. The van der Waals surface area contributed by atoms with Crippen LogP contribution in [0.4, 0.5) is 5.95 Å². The van der Waals surface area contributed by atoms with Crippen LogP contribution in [-0.2, 0) is 4.74 Å². The minimum atomic E-state index is -0.701. The first kappa shape index (κ1) is 19.1. The second-order valence-corrected chi connectivity index (χ2v) is 6.75. The summed E-state index contributed by atoms with van der Waals surface area (Å²) in [6.07, 6.45) is -0.701. The molecule has 4 rings (SSSR count). The van der Waals surface area contributed by atoms with E-state index < -0.39 is 6.17 Å². The van der Waals surface area contributed by atoms with E-state index in [9.17, 15) is 9.90 Å². The monoisotopic (exact) mass is 401 g/mol. The molecule has 154 valence electrons. The predicted molar refractivity (Wildman–Crippen MR) is 106 cm³/mol. The van der Waals surface area contributed by atoms with Gasteiger partial charge in [0.1, 0.15) is 0 Å². The number of aromatic hydroxyl groups is 1. The van der Waals surface area contributed by atoms with Crippen LogP contribution in [0.5, 0.6) is 17.2 Å². The first-order valence-electron chi connectivity index (χ1n) is 9.24. The molecule has 0 radical (unpaired) electrons. The first-order chi connectivity index (χ1) is 14.0. The summed E-state index contributed by atoms with van der Waals surface area (Å²) in [6.45, 7) is 4.32. The topological polar surface area (TPSA) is 110 Å². The standard InChI is InChI=1S/C19H23N5O5/c1-11-8-15(25)24-17(12-9-13(27-2)16(26)14(10-12)28-3)21-18(22-19(24)20-11)23-4-6-29-7-5-23/h8-10,17,26H,4-7H2,1-3H3,(H,20,21,22)/t17-/m1/s1. The van der Waals surface area contributed by atoms with Gasteiger partial charge in [-0.1, -0.05) is 0 Å². The van der Waals surface area contributed by atoms with Gasteiger partial charge in [0, 0.05) is 30.4 Å². The normalized spacial score (nSPS) is 18.5. The number of methoxy groups -OCH3 is 2. The van der Waals surface area contributed by atoms with Crippen LogP contribution >= 0.6 is 0 Å². The summed E-state index contributed by atoms with van der Waals surface area (Å²) in [5, 5.41) is 13.4. The Morgan fingerprint density at radius 1 is 1.17 bits per heavy atom. The van der Waals surface area contributed by atoms with Gasteiger partial charge in [-0.15, -0.1) is 0 Å². The number of ether oxygens (including phenoxy) is 3. The molecule has 0 bridgehead atoms. The van der Waals surface area contributed by atoms with Crippen molar-refractivity contribution in [1.29, 1.82) is 0 Å². The molecule has 2 aliphatic rings. The number of guanidine groups is 1. The average molecular weight is 401 g/mol. The van der Waals surface area contributed by atoms with Crippen LogP contribution in [0, 0.1) is 6.92 Å². The number of anilines is 1.